The minimum absolute atomic E-state index is 0.116. The maximum Gasteiger partial charge on any atom is 0.275 e. The van der Waals surface area contributed by atoms with E-state index in [0.717, 1.165) is 34.7 Å². The normalized spacial score (nSPS) is 12.4. The molecule has 0 fully saturated rings. The zero-order valence-corrected chi connectivity index (χ0v) is 17.2. The number of benzene rings is 1. The Morgan fingerprint density at radius 1 is 1.36 bits per heavy atom. The van der Waals surface area contributed by atoms with E-state index in [9.17, 15) is 4.79 Å². The number of aromatic nitrogens is 3. The smallest absolute Gasteiger partial charge is 0.275 e. The van der Waals surface area contributed by atoms with Crippen molar-refractivity contribution in [1.82, 2.24) is 14.6 Å². The van der Waals surface area contributed by atoms with E-state index in [2.05, 4.69) is 57.3 Å². The molecule has 3 rings (SSSR count). The second kappa shape index (κ2) is 8.33. The van der Waals surface area contributed by atoms with Crippen LogP contribution in [0.2, 0.25) is 0 Å². The lowest BCUT2D eigenvalue weighted by molar-refractivity contribution is 0.839. The molecule has 132 valence electrons. The van der Waals surface area contributed by atoms with Gasteiger partial charge in [0.2, 0.25) is 10.1 Å². The molecular formula is C17H19BrN4OS2. The number of hydrogen-bond donors (Lipinski definition) is 1. The van der Waals surface area contributed by atoms with Gasteiger partial charge >= 0.3 is 0 Å². The Bertz CT molecular complexity index is 907. The van der Waals surface area contributed by atoms with Gasteiger partial charge in [-0.3, -0.25) is 4.79 Å². The molecule has 0 aliphatic heterocycles. The summed E-state index contributed by atoms with van der Waals surface area (Å²) in [6.45, 7) is 5.00. The van der Waals surface area contributed by atoms with Gasteiger partial charge in [0.15, 0.2) is 0 Å². The van der Waals surface area contributed by atoms with Gasteiger partial charge in [0.1, 0.15) is 0 Å². The van der Waals surface area contributed by atoms with Crippen LogP contribution in [0.3, 0.4) is 0 Å². The maximum absolute atomic E-state index is 12.1. The van der Waals surface area contributed by atoms with Crippen LogP contribution in [0.1, 0.15) is 26.0 Å². The van der Waals surface area contributed by atoms with Crippen molar-refractivity contribution >= 4 is 49.1 Å². The molecule has 0 amide bonds. The van der Waals surface area contributed by atoms with Crippen LogP contribution in [0.4, 0.5) is 5.13 Å². The van der Waals surface area contributed by atoms with E-state index in [4.69, 9.17) is 0 Å². The molecule has 0 bridgehead atoms. The van der Waals surface area contributed by atoms with Crippen molar-refractivity contribution in [1.29, 1.82) is 0 Å². The number of hydrogen-bond acceptors (Lipinski definition) is 6. The number of nitrogens with one attached hydrogen (secondary N) is 1. The van der Waals surface area contributed by atoms with Crippen molar-refractivity contribution in [3.63, 3.8) is 0 Å². The molecule has 0 radical (unpaired) electrons. The van der Waals surface area contributed by atoms with Crippen LogP contribution in [0, 0.1) is 0 Å². The first-order valence-electron chi connectivity index (χ1n) is 8.11. The van der Waals surface area contributed by atoms with Crippen molar-refractivity contribution in [2.45, 2.75) is 36.8 Å². The molecule has 0 spiro atoms. The molecule has 1 unspecified atom stereocenters. The van der Waals surface area contributed by atoms with E-state index in [0.29, 0.717) is 10.2 Å². The second-order valence-corrected chi connectivity index (χ2v) is 9.08. The average Bonchev–Trinajstić information content (AvgIpc) is 2.99. The molecule has 3 aromatic rings. The van der Waals surface area contributed by atoms with E-state index >= 15 is 0 Å². The van der Waals surface area contributed by atoms with Gasteiger partial charge in [-0.2, -0.15) is 4.52 Å². The van der Waals surface area contributed by atoms with Gasteiger partial charge in [-0.05, 0) is 30.7 Å². The minimum atomic E-state index is -0.116. The van der Waals surface area contributed by atoms with Gasteiger partial charge in [-0.25, -0.2) is 4.98 Å². The van der Waals surface area contributed by atoms with E-state index in [1.807, 2.05) is 12.1 Å². The van der Waals surface area contributed by atoms with Crippen LogP contribution in [-0.2, 0) is 6.42 Å². The zero-order chi connectivity index (χ0) is 17.8. The molecule has 1 N–H and O–H groups in total. The Balaban J connectivity index is 1.65. The fourth-order valence-electron chi connectivity index (χ4n) is 2.33. The first-order chi connectivity index (χ1) is 12.0. The summed E-state index contributed by atoms with van der Waals surface area (Å²) in [5.41, 5.74) is 0.719. The quantitative estimate of drug-likeness (QED) is 0.551. The van der Waals surface area contributed by atoms with Crippen LogP contribution >= 0.6 is 39.0 Å². The second-order valence-electron chi connectivity index (χ2n) is 5.70. The highest BCUT2D eigenvalue weighted by Gasteiger charge is 2.10. The number of anilines is 1. The molecule has 5 nitrogen and oxygen atoms in total. The number of nitrogens with zero attached hydrogens (tertiary/aromatic N) is 3. The van der Waals surface area contributed by atoms with Crippen LogP contribution in [0.15, 0.2) is 44.5 Å². The predicted octanol–water partition coefficient (Wildman–Crippen LogP) is 4.46. The number of fused-ring (bicyclic) bond motifs is 1. The van der Waals surface area contributed by atoms with Gasteiger partial charge < -0.3 is 5.32 Å². The third kappa shape index (κ3) is 4.83. The third-order valence-electron chi connectivity index (χ3n) is 3.50. The Hall–Kier alpha value is -1.38. The summed E-state index contributed by atoms with van der Waals surface area (Å²) in [5.74, 6) is 0. The zero-order valence-electron chi connectivity index (χ0n) is 14.0. The Morgan fingerprint density at radius 2 is 2.12 bits per heavy atom. The maximum atomic E-state index is 12.1. The van der Waals surface area contributed by atoms with Gasteiger partial charge in [0.05, 0.1) is 0 Å². The van der Waals surface area contributed by atoms with Gasteiger partial charge in [0.25, 0.3) is 5.56 Å². The van der Waals surface area contributed by atoms with Gasteiger partial charge in [0, 0.05) is 32.9 Å². The molecule has 8 heteroatoms. The van der Waals surface area contributed by atoms with Crippen LogP contribution < -0.4 is 10.9 Å². The Labute approximate surface area is 163 Å². The van der Waals surface area contributed by atoms with Crippen LogP contribution in [0.5, 0.6) is 0 Å². The summed E-state index contributed by atoms with van der Waals surface area (Å²) in [4.78, 5) is 18.5. The predicted molar refractivity (Wildman–Crippen MR) is 109 cm³/mol. The molecule has 1 aromatic carbocycles. The summed E-state index contributed by atoms with van der Waals surface area (Å²) in [7, 11) is 0. The molecule has 0 aliphatic rings. The molecule has 25 heavy (non-hydrogen) atoms. The molecule has 2 heterocycles. The van der Waals surface area contributed by atoms with E-state index in [1.54, 1.807) is 17.8 Å². The molecule has 2 aromatic heterocycles. The monoisotopic (exact) mass is 438 g/mol. The summed E-state index contributed by atoms with van der Waals surface area (Å²) < 4.78 is 2.45. The number of rotatable bonds is 7. The first kappa shape index (κ1) is 18.4. The average molecular weight is 439 g/mol. The van der Waals surface area contributed by atoms with E-state index in [-0.39, 0.29) is 5.56 Å². The molecular weight excluding hydrogens is 420 g/mol. The topological polar surface area (TPSA) is 59.3 Å². The Morgan fingerprint density at radius 3 is 2.84 bits per heavy atom. The van der Waals surface area contributed by atoms with Gasteiger partial charge in [-0.15, -0.1) is 16.9 Å². The van der Waals surface area contributed by atoms with Crippen molar-refractivity contribution in [2.75, 3.05) is 11.9 Å². The lowest BCUT2D eigenvalue weighted by Crippen LogP contribution is -2.16. The highest BCUT2D eigenvalue weighted by Crippen LogP contribution is 2.25. The van der Waals surface area contributed by atoms with Crippen molar-refractivity contribution in [2.24, 2.45) is 0 Å². The number of aryl methyl sites for hydroxylation is 1. The summed E-state index contributed by atoms with van der Waals surface area (Å²) in [5, 5.41) is 8.75. The number of thioether (sulfide) groups is 1. The van der Waals surface area contributed by atoms with E-state index < -0.39 is 0 Å². The molecule has 1 atom stereocenters. The summed E-state index contributed by atoms with van der Waals surface area (Å²) in [6.07, 6.45) is 1.78. The highest BCUT2D eigenvalue weighted by molar-refractivity contribution is 9.10. The molecule has 0 saturated carbocycles. The van der Waals surface area contributed by atoms with Gasteiger partial charge in [-0.1, -0.05) is 47.5 Å². The molecule has 0 saturated heterocycles. The number of halogens is 1. The lowest BCUT2D eigenvalue weighted by atomic mass is 10.2. The van der Waals surface area contributed by atoms with Crippen molar-refractivity contribution in [3.8, 4) is 0 Å². The van der Waals surface area contributed by atoms with Crippen molar-refractivity contribution in [3.05, 3.63) is 50.9 Å². The first-order valence-corrected chi connectivity index (χ1v) is 10.6. The summed E-state index contributed by atoms with van der Waals surface area (Å²) >= 11 is 6.66. The largest absolute Gasteiger partial charge is 0.359 e. The SMILES string of the molecule is CCCc1cc(=O)n2nc(NCC(C)Sc3ccc(Br)cc3)sc2n1. The Kier molecular flexibility index (Phi) is 6.14. The lowest BCUT2D eigenvalue weighted by Gasteiger charge is -2.11. The van der Waals surface area contributed by atoms with Crippen LogP contribution in [0.25, 0.3) is 4.96 Å². The van der Waals surface area contributed by atoms with Crippen molar-refractivity contribution < 1.29 is 0 Å². The molecule has 0 aliphatic carbocycles. The highest BCUT2D eigenvalue weighted by atomic mass is 79.9. The fourth-order valence-corrected chi connectivity index (χ4v) is 4.35. The standard InChI is InChI=1S/C17H19BrN4OS2/c1-3-4-13-9-15(23)22-17(20-13)25-16(21-22)19-10-11(2)24-14-7-5-12(18)6-8-14/h5-9,11H,3-4,10H2,1-2H3,(H,19,21). The fraction of sp³-hybridized carbons (Fsp3) is 0.353. The third-order valence-corrected chi connectivity index (χ3v) is 6.00. The minimum Gasteiger partial charge on any atom is -0.359 e. The van der Waals surface area contributed by atoms with Crippen LogP contribution in [-0.4, -0.2) is 26.4 Å². The van der Waals surface area contributed by atoms with E-state index in [1.165, 1.54) is 20.7 Å². The summed E-state index contributed by atoms with van der Waals surface area (Å²) in [6, 6.07) is 9.86.